The standard InChI is InChI=1S/C15H26N2O4/c1-16(12-5-3-4-6-13(12)18)15(20)11-9-14(19)17(10-11)7-8-21-2/h11-13,18H,3-10H2,1-2H3. The lowest BCUT2D eigenvalue weighted by atomic mass is 9.91. The summed E-state index contributed by atoms with van der Waals surface area (Å²) >= 11 is 0. The Kier molecular flexibility index (Phi) is 5.58. The summed E-state index contributed by atoms with van der Waals surface area (Å²) in [5, 5.41) is 10.1. The van der Waals surface area contributed by atoms with Gasteiger partial charge in [0.25, 0.3) is 0 Å². The molecule has 1 heterocycles. The molecule has 1 aliphatic carbocycles. The first-order valence-corrected chi connectivity index (χ1v) is 7.76. The van der Waals surface area contributed by atoms with Crippen LogP contribution in [0.1, 0.15) is 32.1 Å². The van der Waals surface area contributed by atoms with E-state index in [1.165, 1.54) is 0 Å². The van der Waals surface area contributed by atoms with E-state index in [2.05, 4.69) is 0 Å². The Morgan fingerprint density at radius 1 is 1.43 bits per heavy atom. The number of ether oxygens (including phenoxy) is 1. The fourth-order valence-electron chi connectivity index (χ4n) is 3.35. The van der Waals surface area contributed by atoms with Crippen molar-refractivity contribution in [2.75, 3.05) is 33.9 Å². The van der Waals surface area contributed by atoms with E-state index >= 15 is 0 Å². The number of nitrogens with zero attached hydrogens (tertiary/aromatic N) is 2. The van der Waals surface area contributed by atoms with Crippen molar-refractivity contribution in [2.24, 2.45) is 5.92 Å². The van der Waals surface area contributed by atoms with Crippen LogP contribution < -0.4 is 0 Å². The molecule has 2 aliphatic rings. The molecule has 21 heavy (non-hydrogen) atoms. The maximum absolute atomic E-state index is 12.6. The topological polar surface area (TPSA) is 70.1 Å². The molecule has 2 rings (SSSR count). The number of rotatable bonds is 5. The van der Waals surface area contributed by atoms with Gasteiger partial charge >= 0.3 is 0 Å². The lowest BCUT2D eigenvalue weighted by molar-refractivity contribution is -0.139. The van der Waals surface area contributed by atoms with Gasteiger partial charge in [-0.1, -0.05) is 12.8 Å². The van der Waals surface area contributed by atoms with Gasteiger partial charge in [-0.25, -0.2) is 0 Å². The van der Waals surface area contributed by atoms with Crippen LogP contribution in [0.25, 0.3) is 0 Å². The maximum Gasteiger partial charge on any atom is 0.228 e. The Morgan fingerprint density at radius 3 is 2.81 bits per heavy atom. The first-order valence-electron chi connectivity index (χ1n) is 7.76. The van der Waals surface area contributed by atoms with Gasteiger partial charge in [-0.15, -0.1) is 0 Å². The van der Waals surface area contributed by atoms with Crippen LogP contribution in [0.5, 0.6) is 0 Å². The summed E-state index contributed by atoms with van der Waals surface area (Å²) in [4.78, 5) is 27.8. The smallest absolute Gasteiger partial charge is 0.228 e. The number of hydrogen-bond acceptors (Lipinski definition) is 4. The molecule has 1 N–H and O–H groups in total. The molecule has 0 bridgehead atoms. The molecule has 2 fully saturated rings. The second kappa shape index (κ2) is 7.22. The molecule has 0 aromatic rings. The van der Waals surface area contributed by atoms with E-state index in [0.29, 0.717) is 19.7 Å². The average molecular weight is 298 g/mol. The molecule has 3 unspecified atom stereocenters. The minimum absolute atomic E-state index is 0.0167. The summed E-state index contributed by atoms with van der Waals surface area (Å²) in [6.07, 6.45) is 3.50. The number of amides is 2. The summed E-state index contributed by atoms with van der Waals surface area (Å²) < 4.78 is 4.98. The summed E-state index contributed by atoms with van der Waals surface area (Å²) in [5.74, 6) is -0.286. The third-order valence-electron chi connectivity index (χ3n) is 4.67. The Bertz CT molecular complexity index is 388. The molecule has 0 spiro atoms. The van der Waals surface area contributed by atoms with Gasteiger partial charge in [0.15, 0.2) is 0 Å². The van der Waals surface area contributed by atoms with Gasteiger partial charge in [-0.2, -0.15) is 0 Å². The number of carbonyl (C=O) groups excluding carboxylic acids is 2. The van der Waals surface area contributed by atoms with Gasteiger partial charge in [-0.05, 0) is 12.8 Å². The highest BCUT2D eigenvalue weighted by atomic mass is 16.5. The molecular formula is C15H26N2O4. The van der Waals surface area contributed by atoms with E-state index in [1.54, 1.807) is 24.0 Å². The molecular weight excluding hydrogens is 272 g/mol. The van der Waals surface area contributed by atoms with Crippen LogP contribution >= 0.6 is 0 Å². The number of carbonyl (C=O) groups is 2. The van der Waals surface area contributed by atoms with Crippen molar-refractivity contribution in [1.82, 2.24) is 9.80 Å². The van der Waals surface area contributed by atoms with Crippen molar-refractivity contribution >= 4 is 11.8 Å². The third kappa shape index (κ3) is 3.74. The van der Waals surface area contributed by atoms with Crippen LogP contribution in [0.15, 0.2) is 0 Å². The zero-order valence-corrected chi connectivity index (χ0v) is 13.0. The average Bonchev–Trinajstić information content (AvgIpc) is 2.85. The van der Waals surface area contributed by atoms with Crippen molar-refractivity contribution in [2.45, 2.75) is 44.2 Å². The summed E-state index contributed by atoms with van der Waals surface area (Å²) in [6, 6.07) is -0.102. The summed E-state index contributed by atoms with van der Waals surface area (Å²) in [5.41, 5.74) is 0. The van der Waals surface area contributed by atoms with E-state index in [9.17, 15) is 14.7 Å². The number of likely N-dealkylation sites (tertiary alicyclic amines) is 1. The van der Waals surface area contributed by atoms with Gasteiger partial charge in [0, 0.05) is 33.7 Å². The van der Waals surface area contributed by atoms with Gasteiger partial charge in [0.05, 0.1) is 24.7 Å². The molecule has 0 aromatic carbocycles. The fourth-order valence-corrected chi connectivity index (χ4v) is 3.35. The molecule has 2 amide bonds. The third-order valence-corrected chi connectivity index (χ3v) is 4.67. The van der Waals surface area contributed by atoms with Crippen LogP contribution in [0.3, 0.4) is 0 Å². The van der Waals surface area contributed by atoms with Gasteiger partial charge in [0.2, 0.25) is 11.8 Å². The van der Waals surface area contributed by atoms with E-state index in [4.69, 9.17) is 4.74 Å². The number of aliphatic hydroxyl groups is 1. The first-order chi connectivity index (χ1) is 10.0. The highest BCUT2D eigenvalue weighted by Crippen LogP contribution is 2.26. The van der Waals surface area contributed by atoms with Crippen molar-refractivity contribution in [3.63, 3.8) is 0 Å². The Balaban J connectivity index is 1.92. The van der Waals surface area contributed by atoms with Crippen LogP contribution in [0.2, 0.25) is 0 Å². The zero-order chi connectivity index (χ0) is 15.4. The van der Waals surface area contributed by atoms with E-state index in [0.717, 1.165) is 25.7 Å². The maximum atomic E-state index is 12.6. The lowest BCUT2D eigenvalue weighted by Crippen LogP contribution is -2.48. The molecule has 1 saturated carbocycles. The Labute approximate surface area is 126 Å². The molecule has 1 saturated heterocycles. The molecule has 6 heteroatoms. The molecule has 0 aromatic heterocycles. The lowest BCUT2D eigenvalue weighted by Gasteiger charge is -2.36. The Morgan fingerprint density at radius 2 is 2.14 bits per heavy atom. The SMILES string of the molecule is COCCN1CC(C(=O)N(C)C2CCCCC2O)CC1=O. The van der Waals surface area contributed by atoms with Gasteiger partial charge in [0.1, 0.15) is 0 Å². The summed E-state index contributed by atoms with van der Waals surface area (Å²) in [6.45, 7) is 1.49. The predicted octanol–water partition coefficient (Wildman–Crippen LogP) is 0.243. The highest BCUT2D eigenvalue weighted by Gasteiger charge is 2.38. The molecule has 3 atom stereocenters. The van der Waals surface area contributed by atoms with Crippen molar-refractivity contribution in [3.8, 4) is 0 Å². The number of aliphatic hydroxyl groups excluding tert-OH is 1. The minimum Gasteiger partial charge on any atom is -0.391 e. The quantitative estimate of drug-likeness (QED) is 0.789. The largest absolute Gasteiger partial charge is 0.391 e. The van der Waals surface area contributed by atoms with E-state index in [-0.39, 0.29) is 30.2 Å². The molecule has 120 valence electrons. The minimum atomic E-state index is -0.436. The van der Waals surface area contributed by atoms with Gasteiger partial charge in [-0.3, -0.25) is 9.59 Å². The predicted molar refractivity (Wildman–Crippen MR) is 77.6 cm³/mol. The van der Waals surface area contributed by atoms with Crippen LogP contribution in [-0.4, -0.2) is 72.7 Å². The van der Waals surface area contributed by atoms with Crippen molar-refractivity contribution < 1.29 is 19.4 Å². The zero-order valence-electron chi connectivity index (χ0n) is 13.0. The van der Waals surface area contributed by atoms with Crippen molar-refractivity contribution in [1.29, 1.82) is 0 Å². The second-order valence-electron chi connectivity index (χ2n) is 6.10. The van der Waals surface area contributed by atoms with Crippen LogP contribution in [0.4, 0.5) is 0 Å². The highest BCUT2D eigenvalue weighted by molar-refractivity contribution is 5.89. The van der Waals surface area contributed by atoms with Crippen LogP contribution in [0, 0.1) is 5.92 Å². The molecule has 1 aliphatic heterocycles. The number of methoxy groups -OCH3 is 1. The molecule has 6 nitrogen and oxygen atoms in total. The monoisotopic (exact) mass is 298 g/mol. The van der Waals surface area contributed by atoms with E-state index < -0.39 is 6.10 Å². The number of hydrogen-bond donors (Lipinski definition) is 1. The van der Waals surface area contributed by atoms with Crippen LogP contribution in [-0.2, 0) is 14.3 Å². The second-order valence-corrected chi connectivity index (χ2v) is 6.10. The van der Waals surface area contributed by atoms with E-state index in [1.807, 2.05) is 0 Å². The van der Waals surface area contributed by atoms with Crippen molar-refractivity contribution in [3.05, 3.63) is 0 Å². The summed E-state index contributed by atoms with van der Waals surface area (Å²) in [7, 11) is 3.35. The number of likely N-dealkylation sites (N-methyl/N-ethyl adjacent to an activating group) is 1. The normalized spacial score (nSPS) is 29.8. The fraction of sp³-hybridized carbons (Fsp3) is 0.867. The first kappa shape index (κ1) is 16.2. The Hall–Kier alpha value is -1.14. The molecule has 0 radical (unpaired) electrons. The van der Waals surface area contributed by atoms with Gasteiger partial charge < -0.3 is 19.6 Å².